The lowest BCUT2D eigenvalue weighted by Gasteiger charge is -2.44. The molecule has 0 aliphatic carbocycles. The molecule has 7 nitrogen and oxygen atoms in total. The number of aromatic nitrogens is 1. The summed E-state index contributed by atoms with van der Waals surface area (Å²) in [5, 5.41) is 6.16. The number of thiophene rings is 1. The first-order chi connectivity index (χ1) is 17.8. The van der Waals surface area contributed by atoms with Gasteiger partial charge in [-0.3, -0.25) is 9.59 Å². The molecule has 0 radical (unpaired) electrons. The van der Waals surface area contributed by atoms with Gasteiger partial charge in [-0.15, -0.1) is 11.3 Å². The number of hydrogen-bond donors (Lipinski definition) is 1. The maximum atomic E-state index is 13.9. The summed E-state index contributed by atoms with van der Waals surface area (Å²) in [5.74, 6) is 1.95. The van der Waals surface area contributed by atoms with Crippen molar-refractivity contribution in [1.29, 1.82) is 0 Å². The fourth-order valence-corrected chi connectivity index (χ4v) is 6.83. The molecule has 198 valence electrons. The van der Waals surface area contributed by atoms with Gasteiger partial charge in [-0.1, -0.05) is 19.9 Å². The van der Waals surface area contributed by atoms with Crippen molar-refractivity contribution in [3.63, 3.8) is 0 Å². The molecule has 1 aromatic carbocycles. The van der Waals surface area contributed by atoms with Crippen molar-refractivity contribution < 1.29 is 14.3 Å². The van der Waals surface area contributed by atoms with Gasteiger partial charge >= 0.3 is 0 Å². The van der Waals surface area contributed by atoms with Crippen LogP contribution in [-0.2, 0) is 17.9 Å². The summed E-state index contributed by atoms with van der Waals surface area (Å²) in [6.45, 7) is 11.2. The molecule has 2 aliphatic heterocycles. The highest BCUT2D eigenvalue weighted by Gasteiger charge is 2.47. The molecule has 0 unspecified atom stereocenters. The van der Waals surface area contributed by atoms with Crippen molar-refractivity contribution in [2.24, 2.45) is 11.8 Å². The fourth-order valence-electron chi connectivity index (χ4n) is 6.13. The molecular weight excluding hydrogens is 484 g/mol. The van der Waals surface area contributed by atoms with Crippen LogP contribution in [0.25, 0.3) is 10.9 Å². The van der Waals surface area contributed by atoms with Crippen LogP contribution in [0.15, 0.2) is 41.8 Å². The number of benzene rings is 1. The first-order valence-electron chi connectivity index (χ1n) is 13.3. The molecule has 0 saturated carbocycles. The zero-order valence-corrected chi connectivity index (χ0v) is 23.1. The third-order valence-corrected chi connectivity index (χ3v) is 8.76. The smallest absolute Gasteiger partial charge is 0.271 e. The van der Waals surface area contributed by atoms with Gasteiger partial charge in [0.05, 0.1) is 25.7 Å². The number of fused-ring (bicyclic) bond motifs is 3. The van der Waals surface area contributed by atoms with Crippen molar-refractivity contribution in [1.82, 2.24) is 19.7 Å². The monoisotopic (exact) mass is 522 g/mol. The summed E-state index contributed by atoms with van der Waals surface area (Å²) in [7, 11) is 1.64. The standard InChI is InChI=1S/C29H38N4O3S/c1-20-13-21(2)17-31(16-20)11-6-10-30-28(35)29(3)19-32-25-15-23(36-4)9-8-22(25)14-26(32)27(34)33(29)18-24-7-5-12-37-24/h5,7-9,12,14-15,20-21H,6,10-11,13,16-19H2,1-4H3,(H,30,35)/t20-,21+,29-/m1/s1. The molecule has 0 spiro atoms. The van der Waals surface area contributed by atoms with E-state index in [0.717, 1.165) is 59.4 Å². The Morgan fingerprint density at radius 2 is 1.97 bits per heavy atom. The number of rotatable bonds is 8. The third-order valence-electron chi connectivity index (χ3n) is 7.90. The van der Waals surface area contributed by atoms with Crippen LogP contribution in [-0.4, -0.2) is 65.0 Å². The molecule has 5 rings (SSSR count). The van der Waals surface area contributed by atoms with Crippen LogP contribution < -0.4 is 10.1 Å². The zero-order chi connectivity index (χ0) is 26.2. The Bertz CT molecular complexity index is 1260. The van der Waals surface area contributed by atoms with Gasteiger partial charge in [0.25, 0.3) is 5.91 Å². The van der Waals surface area contributed by atoms with Crippen LogP contribution in [0.1, 0.15) is 49.0 Å². The molecule has 2 amide bonds. The number of carbonyl (C=O) groups is 2. The minimum atomic E-state index is -1.02. The minimum absolute atomic E-state index is 0.104. The van der Waals surface area contributed by atoms with Crippen molar-refractivity contribution in [2.45, 2.75) is 52.2 Å². The van der Waals surface area contributed by atoms with Crippen molar-refractivity contribution in [3.05, 3.63) is 52.3 Å². The quantitative estimate of drug-likeness (QED) is 0.439. The number of amides is 2. The first-order valence-corrected chi connectivity index (χ1v) is 14.2. The normalized spacial score (nSPS) is 24.3. The second kappa shape index (κ2) is 10.5. The Kier molecular flexibility index (Phi) is 7.32. The summed E-state index contributed by atoms with van der Waals surface area (Å²) in [6.07, 6.45) is 2.19. The Morgan fingerprint density at radius 1 is 1.19 bits per heavy atom. The van der Waals surface area contributed by atoms with Crippen LogP contribution in [0.3, 0.4) is 0 Å². The molecule has 1 saturated heterocycles. The Hall–Kier alpha value is -2.84. The van der Waals surface area contributed by atoms with Gasteiger partial charge in [0, 0.05) is 36.0 Å². The zero-order valence-electron chi connectivity index (χ0n) is 22.3. The molecule has 8 heteroatoms. The average Bonchev–Trinajstić information content (AvgIpc) is 3.51. The van der Waals surface area contributed by atoms with Crippen LogP contribution >= 0.6 is 11.3 Å². The summed E-state index contributed by atoms with van der Waals surface area (Å²) in [6, 6.07) is 11.7. The predicted molar refractivity (Wildman–Crippen MR) is 148 cm³/mol. The van der Waals surface area contributed by atoms with Gasteiger partial charge in [0.1, 0.15) is 17.0 Å². The van der Waals surface area contributed by atoms with Gasteiger partial charge < -0.3 is 24.4 Å². The molecule has 37 heavy (non-hydrogen) atoms. The summed E-state index contributed by atoms with van der Waals surface area (Å²) < 4.78 is 7.43. The number of nitrogens with one attached hydrogen (secondary N) is 1. The first kappa shape index (κ1) is 25.8. The largest absolute Gasteiger partial charge is 0.497 e. The van der Waals surface area contributed by atoms with Gasteiger partial charge in [-0.05, 0) is 67.8 Å². The van der Waals surface area contributed by atoms with Crippen LogP contribution in [0.4, 0.5) is 0 Å². The van der Waals surface area contributed by atoms with Crippen LogP contribution in [0.2, 0.25) is 0 Å². The van der Waals surface area contributed by atoms with Crippen molar-refractivity contribution in [3.8, 4) is 5.75 Å². The number of ether oxygens (including phenoxy) is 1. The van der Waals surface area contributed by atoms with E-state index in [0.29, 0.717) is 25.3 Å². The lowest BCUT2D eigenvalue weighted by Crippen LogP contribution is -2.63. The van der Waals surface area contributed by atoms with E-state index in [1.54, 1.807) is 23.3 Å². The third kappa shape index (κ3) is 5.14. The molecule has 2 aromatic heterocycles. The van der Waals surface area contributed by atoms with Gasteiger partial charge in [-0.2, -0.15) is 0 Å². The molecule has 3 aromatic rings. The van der Waals surface area contributed by atoms with Gasteiger partial charge in [-0.25, -0.2) is 0 Å². The highest BCUT2D eigenvalue weighted by molar-refractivity contribution is 7.09. The number of methoxy groups -OCH3 is 1. The SMILES string of the molecule is COc1ccc2cc3n(c2c1)C[C@](C)(C(=O)NCCCN1C[C@H](C)C[C@H](C)C1)N(Cc1cccs1)C3=O. The van der Waals surface area contributed by atoms with Crippen molar-refractivity contribution >= 4 is 34.1 Å². The van der Waals surface area contributed by atoms with Crippen molar-refractivity contribution in [2.75, 3.05) is 33.3 Å². The number of piperidine rings is 1. The molecule has 1 N–H and O–H groups in total. The van der Waals surface area contributed by atoms with Crippen LogP contribution in [0.5, 0.6) is 5.75 Å². The highest BCUT2D eigenvalue weighted by Crippen LogP contribution is 2.35. The Labute approximate surface area is 223 Å². The maximum Gasteiger partial charge on any atom is 0.271 e. The van der Waals surface area contributed by atoms with Gasteiger partial charge in [0.15, 0.2) is 0 Å². The topological polar surface area (TPSA) is 66.8 Å². The second-order valence-corrected chi connectivity index (χ2v) is 12.1. The molecule has 1 fully saturated rings. The van der Waals surface area contributed by atoms with E-state index in [9.17, 15) is 9.59 Å². The maximum absolute atomic E-state index is 13.9. The molecule has 2 aliphatic rings. The summed E-state index contributed by atoms with van der Waals surface area (Å²) >= 11 is 1.61. The van der Waals surface area contributed by atoms with E-state index in [1.807, 2.05) is 53.3 Å². The van der Waals surface area contributed by atoms with E-state index in [2.05, 4.69) is 24.1 Å². The number of nitrogens with zero attached hydrogens (tertiary/aromatic N) is 3. The Morgan fingerprint density at radius 3 is 2.68 bits per heavy atom. The molecular formula is C29H38N4O3S. The van der Waals surface area contributed by atoms with Crippen LogP contribution in [0, 0.1) is 11.8 Å². The summed E-state index contributed by atoms with van der Waals surface area (Å²) in [4.78, 5) is 33.0. The molecule has 4 heterocycles. The minimum Gasteiger partial charge on any atom is -0.497 e. The van der Waals surface area contributed by atoms with E-state index in [-0.39, 0.29) is 11.8 Å². The number of hydrogen-bond acceptors (Lipinski definition) is 5. The van der Waals surface area contributed by atoms with E-state index < -0.39 is 5.54 Å². The number of carbonyl (C=O) groups excluding carboxylic acids is 2. The predicted octanol–water partition coefficient (Wildman–Crippen LogP) is 4.61. The van der Waals surface area contributed by atoms with E-state index in [4.69, 9.17) is 4.74 Å². The summed E-state index contributed by atoms with van der Waals surface area (Å²) in [5.41, 5.74) is 0.501. The van der Waals surface area contributed by atoms with Gasteiger partial charge in [0.2, 0.25) is 5.91 Å². The fraction of sp³-hybridized carbons (Fsp3) is 0.517. The molecule has 0 bridgehead atoms. The second-order valence-electron chi connectivity index (χ2n) is 11.1. The average molecular weight is 523 g/mol. The van der Waals surface area contributed by atoms with E-state index in [1.165, 1.54) is 6.42 Å². The lowest BCUT2D eigenvalue weighted by atomic mass is 9.92. The van der Waals surface area contributed by atoms with E-state index >= 15 is 0 Å². The highest BCUT2D eigenvalue weighted by atomic mass is 32.1. The molecule has 3 atom stereocenters. The number of likely N-dealkylation sites (tertiary alicyclic amines) is 1. The lowest BCUT2D eigenvalue weighted by molar-refractivity contribution is -0.133. The Balaban J connectivity index is 1.36.